The molecule has 2 amide bonds. The third kappa shape index (κ3) is 5.16. The maximum Gasteiger partial charge on any atom is 0.251 e. The molecule has 7 nitrogen and oxygen atoms in total. The van der Waals surface area contributed by atoms with Gasteiger partial charge in [0.05, 0.1) is 36.3 Å². The summed E-state index contributed by atoms with van der Waals surface area (Å²) in [6, 6.07) is 7.28. The van der Waals surface area contributed by atoms with Crippen molar-refractivity contribution in [3.63, 3.8) is 0 Å². The first-order chi connectivity index (χ1) is 14.7. The Hall–Kier alpha value is -2.93. The Labute approximate surface area is 176 Å². The highest BCUT2D eigenvalue weighted by Gasteiger charge is 2.23. The van der Waals surface area contributed by atoms with Crippen LogP contribution in [0.2, 0.25) is 0 Å². The molecule has 30 heavy (non-hydrogen) atoms. The van der Waals surface area contributed by atoms with Gasteiger partial charge in [0.1, 0.15) is 0 Å². The average Bonchev–Trinajstić information content (AvgIpc) is 3.47. The number of carbonyl (C=O) groups is 2. The highest BCUT2D eigenvalue weighted by atomic mass is 16.5. The van der Waals surface area contributed by atoms with Gasteiger partial charge in [-0.25, -0.2) is 4.68 Å². The molecule has 0 spiro atoms. The molecule has 1 aromatic carbocycles. The van der Waals surface area contributed by atoms with Gasteiger partial charge in [-0.05, 0) is 62.8 Å². The minimum Gasteiger partial charge on any atom is -0.381 e. The zero-order chi connectivity index (χ0) is 20.8. The zero-order valence-corrected chi connectivity index (χ0v) is 17.1. The van der Waals surface area contributed by atoms with Gasteiger partial charge in [0.15, 0.2) is 0 Å². The Morgan fingerprint density at radius 2 is 2.07 bits per heavy atom. The largest absolute Gasteiger partial charge is 0.381 e. The van der Waals surface area contributed by atoms with E-state index in [4.69, 9.17) is 4.74 Å². The van der Waals surface area contributed by atoms with Crippen LogP contribution in [0.3, 0.4) is 0 Å². The predicted octanol–water partition coefficient (Wildman–Crippen LogP) is 3.47. The van der Waals surface area contributed by atoms with Crippen molar-refractivity contribution < 1.29 is 14.3 Å². The van der Waals surface area contributed by atoms with E-state index in [0.29, 0.717) is 31.0 Å². The molecule has 2 aromatic rings. The topological polar surface area (TPSA) is 85.2 Å². The maximum absolute atomic E-state index is 12.4. The molecule has 1 fully saturated rings. The van der Waals surface area contributed by atoms with Crippen molar-refractivity contribution in [2.45, 2.75) is 38.5 Å². The first-order valence-electron chi connectivity index (χ1n) is 10.7. The summed E-state index contributed by atoms with van der Waals surface area (Å²) >= 11 is 0. The Morgan fingerprint density at radius 1 is 1.20 bits per heavy atom. The monoisotopic (exact) mass is 408 g/mol. The van der Waals surface area contributed by atoms with E-state index in [9.17, 15) is 9.59 Å². The Bertz CT molecular complexity index is 911. The molecule has 2 N–H and O–H groups in total. The summed E-state index contributed by atoms with van der Waals surface area (Å²) in [4.78, 5) is 24.6. The van der Waals surface area contributed by atoms with Crippen LogP contribution < -0.4 is 10.6 Å². The van der Waals surface area contributed by atoms with Gasteiger partial charge in [-0.3, -0.25) is 9.59 Å². The SMILES string of the molecule is O=C(NCCC1=CCCCC1)c1ccc(-n2cc(NC(=O)C3CCOC3)cn2)cc1. The van der Waals surface area contributed by atoms with E-state index in [-0.39, 0.29) is 17.7 Å². The van der Waals surface area contributed by atoms with Crippen LogP contribution in [0.15, 0.2) is 48.3 Å². The molecular weight excluding hydrogens is 380 g/mol. The van der Waals surface area contributed by atoms with Crippen LogP contribution in [-0.4, -0.2) is 41.4 Å². The fraction of sp³-hybridized carbons (Fsp3) is 0.435. The van der Waals surface area contributed by atoms with Gasteiger partial charge in [0.2, 0.25) is 5.91 Å². The van der Waals surface area contributed by atoms with Crippen LogP contribution in [0, 0.1) is 5.92 Å². The number of nitrogens with zero attached hydrogens (tertiary/aromatic N) is 2. The van der Waals surface area contributed by atoms with Gasteiger partial charge in [0, 0.05) is 18.7 Å². The van der Waals surface area contributed by atoms with E-state index >= 15 is 0 Å². The lowest BCUT2D eigenvalue weighted by Crippen LogP contribution is -2.24. The van der Waals surface area contributed by atoms with Crippen molar-refractivity contribution in [2.24, 2.45) is 5.92 Å². The molecule has 158 valence electrons. The summed E-state index contributed by atoms with van der Waals surface area (Å²) in [6.07, 6.45) is 12.2. The van der Waals surface area contributed by atoms with Gasteiger partial charge in [-0.15, -0.1) is 0 Å². The van der Waals surface area contributed by atoms with Crippen molar-refractivity contribution in [1.82, 2.24) is 15.1 Å². The molecule has 0 bridgehead atoms. The molecule has 1 saturated heterocycles. The second-order valence-electron chi connectivity index (χ2n) is 7.88. The van der Waals surface area contributed by atoms with Crippen molar-refractivity contribution in [3.8, 4) is 5.69 Å². The Balaban J connectivity index is 1.29. The number of hydrogen-bond donors (Lipinski definition) is 2. The highest BCUT2D eigenvalue weighted by Crippen LogP contribution is 2.20. The first kappa shape index (κ1) is 20.3. The second-order valence-corrected chi connectivity index (χ2v) is 7.88. The van der Waals surface area contributed by atoms with Crippen LogP contribution in [0.4, 0.5) is 5.69 Å². The number of allylic oxidation sites excluding steroid dienone is 1. The van der Waals surface area contributed by atoms with E-state index < -0.39 is 0 Å². The van der Waals surface area contributed by atoms with Gasteiger partial charge in [-0.2, -0.15) is 5.10 Å². The quantitative estimate of drug-likeness (QED) is 0.687. The first-order valence-corrected chi connectivity index (χ1v) is 10.7. The number of aromatic nitrogens is 2. The van der Waals surface area contributed by atoms with Crippen LogP contribution >= 0.6 is 0 Å². The van der Waals surface area contributed by atoms with Crippen molar-refractivity contribution in [3.05, 3.63) is 53.9 Å². The zero-order valence-electron chi connectivity index (χ0n) is 17.1. The molecule has 0 saturated carbocycles. The minimum atomic E-state index is -0.0967. The van der Waals surface area contributed by atoms with Crippen molar-refractivity contribution >= 4 is 17.5 Å². The molecule has 1 aliphatic heterocycles. The van der Waals surface area contributed by atoms with Crippen LogP contribution in [0.25, 0.3) is 5.69 Å². The van der Waals surface area contributed by atoms with Gasteiger partial charge in [0.25, 0.3) is 5.91 Å². The lowest BCUT2D eigenvalue weighted by Gasteiger charge is -2.13. The van der Waals surface area contributed by atoms with Crippen molar-refractivity contribution in [2.75, 3.05) is 25.1 Å². The lowest BCUT2D eigenvalue weighted by atomic mass is 9.97. The number of ether oxygens (including phenoxy) is 1. The number of anilines is 1. The molecule has 7 heteroatoms. The summed E-state index contributed by atoms with van der Waals surface area (Å²) in [7, 11) is 0. The fourth-order valence-corrected chi connectivity index (χ4v) is 3.85. The molecule has 1 atom stereocenters. The highest BCUT2D eigenvalue weighted by molar-refractivity contribution is 5.94. The Kier molecular flexibility index (Phi) is 6.59. The fourth-order valence-electron chi connectivity index (χ4n) is 3.85. The predicted molar refractivity (Wildman–Crippen MR) is 115 cm³/mol. The number of nitrogens with one attached hydrogen (secondary N) is 2. The van der Waals surface area contributed by atoms with Crippen molar-refractivity contribution in [1.29, 1.82) is 0 Å². The minimum absolute atomic E-state index is 0.0388. The molecule has 0 radical (unpaired) electrons. The van der Waals surface area contributed by atoms with Gasteiger partial charge in [-0.1, -0.05) is 11.6 Å². The molecule has 4 rings (SSSR count). The number of carbonyl (C=O) groups excluding carboxylic acids is 2. The van der Waals surface area contributed by atoms with Gasteiger partial charge < -0.3 is 15.4 Å². The average molecular weight is 409 g/mol. The standard InChI is InChI=1S/C23H28N4O3/c28-22(24-12-10-17-4-2-1-3-5-17)18-6-8-21(9-7-18)27-15-20(14-25-27)26-23(29)19-11-13-30-16-19/h4,6-9,14-15,19H,1-3,5,10-13,16H2,(H,24,28)(H,26,29). The summed E-state index contributed by atoms with van der Waals surface area (Å²) in [6.45, 7) is 1.77. The number of benzene rings is 1. The Morgan fingerprint density at radius 3 is 2.80 bits per heavy atom. The summed E-state index contributed by atoms with van der Waals surface area (Å²) < 4.78 is 6.94. The third-order valence-corrected chi connectivity index (χ3v) is 5.66. The smallest absolute Gasteiger partial charge is 0.251 e. The molecular formula is C23H28N4O3. The van der Waals surface area contributed by atoms with Crippen LogP contribution in [0.1, 0.15) is 48.9 Å². The number of rotatable bonds is 7. The molecule has 1 unspecified atom stereocenters. The lowest BCUT2D eigenvalue weighted by molar-refractivity contribution is -0.119. The van der Waals surface area contributed by atoms with E-state index in [1.165, 1.54) is 24.8 Å². The maximum atomic E-state index is 12.4. The van der Waals surface area contributed by atoms with Crippen LogP contribution in [0.5, 0.6) is 0 Å². The van der Waals surface area contributed by atoms with E-state index in [1.807, 2.05) is 12.1 Å². The van der Waals surface area contributed by atoms with E-state index in [0.717, 1.165) is 24.9 Å². The van der Waals surface area contributed by atoms with Crippen LogP contribution in [-0.2, 0) is 9.53 Å². The van der Waals surface area contributed by atoms with Gasteiger partial charge >= 0.3 is 0 Å². The molecule has 2 aliphatic rings. The van der Waals surface area contributed by atoms with E-state index in [2.05, 4.69) is 21.8 Å². The summed E-state index contributed by atoms with van der Waals surface area (Å²) in [5, 5.41) is 10.2. The molecule has 1 aliphatic carbocycles. The molecule has 2 heterocycles. The van der Waals surface area contributed by atoms with E-state index in [1.54, 1.807) is 29.2 Å². The summed E-state index contributed by atoms with van der Waals surface area (Å²) in [5.41, 5.74) is 3.55. The normalized spacial score (nSPS) is 18.7. The number of hydrogen-bond acceptors (Lipinski definition) is 4. The number of amides is 2. The molecule has 1 aromatic heterocycles. The second kappa shape index (κ2) is 9.71. The summed E-state index contributed by atoms with van der Waals surface area (Å²) in [5.74, 6) is -0.200. The third-order valence-electron chi connectivity index (χ3n) is 5.66.